The van der Waals surface area contributed by atoms with Crippen LogP contribution in [0.25, 0.3) is 0 Å². The largest absolute Gasteiger partial charge is 0.497 e. The van der Waals surface area contributed by atoms with E-state index in [4.69, 9.17) is 16.3 Å². The Morgan fingerprint density at radius 2 is 1.76 bits per heavy atom. The third-order valence-electron chi connectivity index (χ3n) is 3.12. The van der Waals surface area contributed by atoms with E-state index in [1.165, 1.54) is 0 Å². The number of methoxy groups -OCH3 is 1. The van der Waals surface area contributed by atoms with Crippen LogP contribution in [-0.2, 0) is 0 Å². The van der Waals surface area contributed by atoms with Gasteiger partial charge in [0.05, 0.1) is 7.11 Å². The second-order valence-corrected chi connectivity index (χ2v) is 5.13. The number of urea groups is 1. The van der Waals surface area contributed by atoms with Crippen molar-refractivity contribution in [2.75, 3.05) is 17.7 Å². The van der Waals surface area contributed by atoms with Gasteiger partial charge in [-0.05, 0) is 43.2 Å². The van der Waals surface area contributed by atoms with E-state index in [-0.39, 0.29) is 6.03 Å². The van der Waals surface area contributed by atoms with E-state index in [0.29, 0.717) is 22.1 Å². The first-order valence-corrected chi connectivity index (χ1v) is 6.86. The summed E-state index contributed by atoms with van der Waals surface area (Å²) in [7, 11) is 1.59. The predicted molar refractivity (Wildman–Crippen MR) is 86.6 cm³/mol. The SMILES string of the molecule is COc1ccc(C)c(NC(=O)Nc2ccc(C)c(Cl)c2)c1. The summed E-state index contributed by atoms with van der Waals surface area (Å²) in [6.45, 7) is 3.82. The second kappa shape index (κ2) is 6.50. The van der Waals surface area contributed by atoms with Crippen LogP contribution in [0.15, 0.2) is 36.4 Å². The highest BCUT2D eigenvalue weighted by Gasteiger charge is 2.07. The molecule has 0 aromatic heterocycles. The van der Waals surface area contributed by atoms with Crippen molar-refractivity contribution in [3.05, 3.63) is 52.5 Å². The summed E-state index contributed by atoms with van der Waals surface area (Å²) in [6.07, 6.45) is 0. The van der Waals surface area contributed by atoms with Crippen molar-refractivity contribution in [2.24, 2.45) is 0 Å². The molecule has 2 aromatic carbocycles. The lowest BCUT2D eigenvalue weighted by Gasteiger charge is -2.12. The molecule has 21 heavy (non-hydrogen) atoms. The molecule has 0 aliphatic carbocycles. The minimum atomic E-state index is -0.328. The fourth-order valence-corrected chi connectivity index (χ4v) is 2.00. The maximum absolute atomic E-state index is 12.0. The minimum absolute atomic E-state index is 0.328. The van der Waals surface area contributed by atoms with E-state index in [9.17, 15) is 4.79 Å². The summed E-state index contributed by atoms with van der Waals surface area (Å²) in [6, 6.07) is 10.6. The Morgan fingerprint density at radius 3 is 2.43 bits per heavy atom. The number of aryl methyl sites for hydroxylation is 2. The highest BCUT2D eigenvalue weighted by molar-refractivity contribution is 6.31. The zero-order valence-corrected chi connectivity index (χ0v) is 12.9. The summed E-state index contributed by atoms with van der Waals surface area (Å²) in [5, 5.41) is 6.16. The number of amides is 2. The Kier molecular flexibility index (Phi) is 4.70. The highest BCUT2D eigenvalue weighted by Crippen LogP contribution is 2.23. The van der Waals surface area contributed by atoms with Crippen LogP contribution in [0.1, 0.15) is 11.1 Å². The van der Waals surface area contributed by atoms with Crippen LogP contribution in [-0.4, -0.2) is 13.1 Å². The standard InChI is InChI=1S/C16H17ClN2O2/c1-10-4-6-12(8-14(10)17)18-16(20)19-15-9-13(21-3)7-5-11(15)2/h4-9H,1-3H3,(H2,18,19,20). The van der Waals surface area contributed by atoms with Gasteiger partial charge in [0.2, 0.25) is 0 Å². The van der Waals surface area contributed by atoms with Crippen LogP contribution in [0.5, 0.6) is 5.75 Å². The van der Waals surface area contributed by atoms with Gasteiger partial charge in [-0.15, -0.1) is 0 Å². The lowest BCUT2D eigenvalue weighted by atomic mass is 10.2. The number of nitrogens with one attached hydrogen (secondary N) is 2. The van der Waals surface area contributed by atoms with Gasteiger partial charge in [0, 0.05) is 22.5 Å². The van der Waals surface area contributed by atoms with Crippen molar-refractivity contribution in [1.82, 2.24) is 0 Å². The molecule has 0 aliphatic rings. The first-order chi connectivity index (χ1) is 9.99. The molecule has 0 unspecified atom stereocenters. The number of benzene rings is 2. The van der Waals surface area contributed by atoms with Gasteiger partial charge in [-0.3, -0.25) is 0 Å². The van der Waals surface area contributed by atoms with Gasteiger partial charge in [0.1, 0.15) is 5.75 Å². The average molecular weight is 305 g/mol. The Hall–Kier alpha value is -2.20. The molecule has 2 N–H and O–H groups in total. The molecule has 0 atom stereocenters. The van der Waals surface area contributed by atoms with Gasteiger partial charge in [0.25, 0.3) is 0 Å². The molecule has 0 saturated heterocycles. The topological polar surface area (TPSA) is 50.4 Å². The number of anilines is 2. The molecule has 0 aliphatic heterocycles. The zero-order valence-electron chi connectivity index (χ0n) is 12.2. The third-order valence-corrected chi connectivity index (χ3v) is 3.53. The molecule has 0 saturated carbocycles. The highest BCUT2D eigenvalue weighted by atomic mass is 35.5. The Balaban J connectivity index is 2.09. The number of carbonyl (C=O) groups excluding carboxylic acids is 1. The van der Waals surface area contributed by atoms with Crippen molar-refractivity contribution in [3.63, 3.8) is 0 Å². The Morgan fingerprint density at radius 1 is 1.05 bits per heavy atom. The third kappa shape index (κ3) is 3.89. The van der Waals surface area contributed by atoms with E-state index in [2.05, 4.69) is 10.6 Å². The molecular formula is C16H17ClN2O2. The lowest BCUT2D eigenvalue weighted by Crippen LogP contribution is -2.20. The molecule has 4 nitrogen and oxygen atoms in total. The Bertz CT molecular complexity index is 671. The number of hydrogen-bond acceptors (Lipinski definition) is 2. The fourth-order valence-electron chi connectivity index (χ4n) is 1.82. The molecule has 2 amide bonds. The molecular weight excluding hydrogens is 288 g/mol. The summed E-state index contributed by atoms with van der Waals surface area (Å²) >= 11 is 6.03. The van der Waals surface area contributed by atoms with E-state index < -0.39 is 0 Å². The molecule has 0 spiro atoms. The fraction of sp³-hybridized carbons (Fsp3) is 0.188. The number of rotatable bonds is 3. The predicted octanol–water partition coefficient (Wildman–Crippen LogP) is 4.61. The van der Waals surface area contributed by atoms with Crippen LogP contribution in [0.3, 0.4) is 0 Å². The maximum Gasteiger partial charge on any atom is 0.323 e. The second-order valence-electron chi connectivity index (χ2n) is 4.72. The smallest absolute Gasteiger partial charge is 0.323 e. The summed E-state index contributed by atoms with van der Waals surface area (Å²) < 4.78 is 5.15. The quantitative estimate of drug-likeness (QED) is 0.870. The van der Waals surface area contributed by atoms with Crippen molar-refractivity contribution in [2.45, 2.75) is 13.8 Å². The van der Waals surface area contributed by atoms with E-state index in [0.717, 1.165) is 11.1 Å². The first kappa shape index (κ1) is 15.2. The monoisotopic (exact) mass is 304 g/mol. The van der Waals surface area contributed by atoms with Crippen molar-refractivity contribution in [3.8, 4) is 5.75 Å². The molecule has 110 valence electrons. The molecule has 0 fully saturated rings. The summed E-state index contributed by atoms with van der Waals surface area (Å²) in [5.41, 5.74) is 3.26. The van der Waals surface area contributed by atoms with Crippen molar-refractivity contribution in [1.29, 1.82) is 0 Å². The van der Waals surface area contributed by atoms with Gasteiger partial charge < -0.3 is 15.4 Å². The van der Waals surface area contributed by atoms with Crippen molar-refractivity contribution >= 4 is 29.0 Å². The first-order valence-electron chi connectivity index (χ1n) is 6.48. The van der Waals surface area contributed by atoms with Gasteiger partial charge in [-0.2, -0.15) is 0 Å². The van der Waals surface area contributed by atoms with Crippen molar-refractivity contribution < 1.29 is 9.53 Å². The van der Waals surface area contributed by atoms with Crippen LogP contribution >= 0.6 is 11.6 Å². The lowest BCUT2D eigenvalue weighted by molar-refractivity contribution is 0.262. The number of hydrogen-bond donors (Lipinski definition) is 2. The summed E-state index contributed by atoms with van der Waals surface area (Å²) in [4.78, 5) is 12.0. The van der Waals surface area contributed by atoms with Gasteiger partial charge in [-0.1, -0.05) is 23.7 Å². The Labute approximate surface area is 129 Å². The minimum Gasteiger partial charge on any atom is -0.497 e. The van der Waals surface area contributed by atoms with Crippen LogP contribution in [0.4, 0.5) is 16.2 Å². The molecule has 2 aromatic rings. The van der Waals surface area contributed by atoms with Gasteiger partial charge in [-0.25, -0.2) is 4.79 Å². The molecule has 5 heteroatoms. The average Bonchev–Trinajstić information content (AvgIpc) is 2.45. The molecule has 0 heterocycles. The van der Waals surface area contributed by atoms with Crippen LogP contribution < -0.4 is 15.4 Å². The van der Waals surface area contributed by atoms with E-state index in [1.807, 2.05) is 32.0 Å². The number of ether oxygens (including phenoxy) is 1. The maximum atomic E-state index is 12.0. The van der Waals surface area contributed by atoms with Gasteiger partial charge in [0.15, 0.2) is 0 Å². The molecule has 0 radical (unpaired) electrons. The normalized spacial score (nSPS) is 10.1. The number of carbonyl (C=O) groups is 1. The van der Waals surface area contributed by atoms with E-state index >= 15 is 0 Å². The number of halogens is 1. The zero-order chi connectivity index (χ0) is 15.4. The molecule has 2 rings (SSSR count). The van der Waals surface area contributed by atoms with Crippen LogP contribution in [0.2, 0.25) is 5.02 Å². The van der Waals surface area contributed by atoms with E-state index in [1.54, 1.807) is 25.3 Å². The van der Waals surface area contributed by atoms with Gasteiger partial charge >= 0.3 is 6.03 Å². The van der Waals surface area contributed by atoms with Crippen LogP contribution in [0, 0.1) is 13.8 Å². The molecule has 0 bridgehead atoms. The summed E-state index contributed by atoms with van der Waals surface area (Å²) in [5.74, 6) is 0.689.